The predicted molar refractivity (Wildman–Crippen MR) is 100 cm³/mol. The lowest BCUT2D eigenvalue weighted by molar-refractivity contribution is 0.764. The minimum atomic E-state index is 0.688. The van der Waals surface area contributed by atoms with Gasteiger partial charge in [-0.25, -0.2) is 0 Å². The molecule has 0 amide bonds. The van der Waals surface area contributed by atoms with Crippen molar-refractivity contribution in [1.82, 2.24) is 14.8 Å². The molecule has 1 heterocycles. The first-order valence-electron chi connectivity index (χ1n) is 7.67. The van der Waals surface area contributed by atoms with Gasteiger partial charge in [-0.2, -0.15) is 16.9 Å². The SMILES string of the molecule is S=c1[nH]nc(-c2ccccc2)n1CCSCCc1ccccc1. The van der Waals surface area contributed by atoms with E-state index in [-0.39, 0.29) is 0 Å². The number of hydrogen-bond acceptors (Lipinski definition) is 3. The Morgan fingerprint density at radius 1 is 0.957 bits per heavy atom. The molecule has 2 aromatic carbocycles. The van der Waals surface area contributed by atoms with E-state index in [4.69, 9.17) is 12.2 Å². The first-order chi connectivity index (χ1) is 11.3. The van der Waals surface area contributed by atoms with E-state index in [9.17, 15) is 0 Å². The highest BCUT2D eigenvalue weighted by Gasteiger charge is 2.07. The van der Waals surface area contributed by atoms with Crippen molar-refractivity contribution in [3.63, 3.8) is 0 Å². The standard InChI is InChI=1S/C18H19N3S2/c22-18-20-19-17(16-9-5-2-6-10-16)21(18)12-14-23-13-11-15-7-3-1-4-8-15/h1-10H,11-14H2,(H,20,22). The highest BCUT2D eigenvalue weighted by molar-refractivity contribution is 7.99. The minimum Gasteiger partial charge on any atom is -0.299 e. The van der Waals surface area contributed by atoms with Crippen LogP contribution in [0.5, 0.6) is 0 Å². The van der Waals surface area contributed by atoms with Crippen LogP contribution in [0.1, 0.15) is 5.56 Å². The molecule has 0 fully saturated rings. The Bertz CT molecular complexity index is 779. The molecule has 118 valence electrons. The van der Waals surface area contributed by atoms with E-state index in [1.807, 2.05) is 30.0 Å². The van der Waals surface area contributed by atoms with Gasteiger partial charge in [-0.15, -0.1) is 0 Å². The summed E-state index contributed by atoms with van der Waals surface area (Å²) in [5.74, 6) is 3.07. The van der Waals surface area contributed by atoms with E-state index in [0.29, 0.717) is 4.77 Å². The van der Waals surface area contributed by atoms with Gasteiger partial charge in [0.1, 0.15) is 0 Å². The second-order valence-corrected chi connectivity index (χ2v) is 6.83. The minimum absolute atomic E-state index is 0.688. The zero-order valence-corrected chi connectivity index (χ0v) is 14.4. The molecule has 0 spiro atoms. The van der Waals surface area contributed by atoms with Crippen LogP contribution in [0.15, 0.2) is 60.7 Å². The van der Waals surface area contributed by atoms with Crippen LogP contribution in [0.2, 0.25) is 0 Å². The van der Waals surface area contributed by atoms with Crippen molar-refractivity contribution in [2.75, 3.05) is 11.5 Å². The van der Waals surface area contributed by atoms with Gasteiger partial charge in [-0.3, -0.25) is 9.67 Å². The summed E-state index contributed by atoms with van der Waals surface area (Å²) in [7, 11) is 0. The fourth-order valence-electron chi connectivity index (χ4n) is 2.43. The Balaban J connectivity index is 1.55. The number of thioether (sulfide) groups is 1. The lowest BCUT2D eigenvalue weighted by Crippen LogP contribution is -2.04. The highest BCUT2D eigenvalue weighted by Crippen LogP contribution is 2.17. The lowest BCUT2D eigenvalue weighted by atomic mass is 10.2. The summed E-state index contributed by atoms with van der Waals surface area (Å²) >= 11 is 7.31. The second-order valence-electron chi connectivity index (χ2n) is 5.22. The molecular formula is C18H19N3S2. The van der Waals surface area contributed by atoms with E-state index < -0.39 is 0 Å². The number of benzene rings is 2. The van der Waals surface area contributed by atoms with Crippen LogP contribution in [0, 0.1) is 4.77 Å². The van der Waals surface area contributed by atoms with Gasteiger partial charge in [-0.1, -0.05) is 60.7 Å². The van der Waals surface area contributed by atoms with E-state index >= 15 is 0 Å². The third-order valence-electron chi connectivity index (χ3n) is 3.63. The smallest absolute Gasteiger partial charge is 0.195 e. The Morgan fingerprint density at radius 2 is 1.65 bits per heavy atom. The van der Waals surface area contributed by atoms with Gasteiger partial charge in [-0.05, 0) is 30.0 Å². The average Bonchev–Trinajstić information content (AvgIpc) is 2.97. The van der Waals surface area contributed by atoms with Crippen LogP contribution >= 0.6 is 24.0 Å². The number of nitrogens with one attached hydrogen (secondary N) is 1. The molecule has 1 N–H and O–H groups in total. The number of aryl methyl sites for hydroxylation is 1. The third kappa shape index (κ3) is 4.33. The number of rotatable bonds is 7. The summed E-state index contributed by atoms with van der Waals surface area (Å²) in [6, 6.07) is 20.8. The summed E-state index contributed by atoms with van der Waals surface area (Å²) in [6.07, 6.45) is 1.10. The van der Waals surface area contributed by atoms with Crippen molar-refractivity contribution in [3.05, 3.63) is 71.0 Å². The molecule has 0 aliphatic heterocycles. The van der Waals surface area contributed by atoms with E-state index in [0.717, 1.165) is 35.9 Å². The fraction of sp³-hybridized carbons (Fsp3) is 0.222. The number of H-pyrrole nitrogens is 1. The van der Waals surface area contributed by atoms with Gasteiger partial charge < -0.3 is 0 Å². The molecule has 0 aliphatic rings. The van der Waals surface area contributed by atoms with Gasteiger partial charge in [0, 0.05) is 17.9 Å². The largest absolute Gasteiger partial charge is 0.299 e. The van der Waals surface area contributed by atoms with E-state index in [2.05, 4.69) is 57.2 Å². The van der Waals surface area contributed by atoms with Crippen LogP contribution in [-0.4, -0.2) is 26.3 Å². The summed E-state index contributed by atoms with van der Waals surface area (Å²) in [5.41, 5.74) is 2.49. The Hall–Kier alpha value is -1.85. The van der Waals surface area contributed by atoms with Gasteiger partial charge in [0.2, 0.25) is 0 Å². The number of nitrogens with zero attached hydrogens (tertiary/aromatic N) is 2. The van der Waals surface area contributed by atoms with E-state index in [1.165, 1.54) is 5.56 Å². The summed E-state index contributed by atoms with van der Waals surface area (Å²) in [6.45, 7) is 0.874. The Labute approximate surface area is 145 Å². The maximum Gasteiger partial charge on any atom is 0.195 e. The molecule has 0 bridgehead atoms. The van der Waals surface area contributed by atoms with Gasteiger partial charge in [0.15, 0.2) is 10.6 Å². The quantitative estimate of drug-likeness (QED) is 0.504. The zero-order valence-electron chi connectivity index (χ0n) is 12.8. The average molecular weight is 342 g/mol. The van der Waals surface area contributed by atoms with E-state index in [1.54, 1.807) is 0 Å². The Kier molecular flexibility index (Phi) is 5.66. The monoisotopic (exact) mass is 341 g/mol. The van der Waals surface area contributed by atoms with Gasteiger partial charge in [0.25, 0.3) is 0 Å². The summed E-state index contributed by atoms with van der Waals surface area (Å²) in [5, 5.41) is 7.28. The molecule has 0 atom stereocenters. The van der Waals surface area contributed by atoms with Crippen LogP contribution in [0.4, 0.5) is 0 Å². The van der Waals surface area contributed by atoms with Crippen molar-refractivity contribution in [2.45, 2.75) is 13.0 Å². The van der Waals surface area contributed by atoms with Crippen molar-refractivity contribution in [1.29, 1.82) is 0 Å². The van der Waals surface area contributed by atoms with Crippen molar-refractivity contribution < 1.29 is 0 Å². The number of aromatic nitrogens is 3. The third-order valence-corrected chi connectivity index (χ3v) is 4.90. The zero-order chi connectivity index (χ0) is 15.9. The molecular weight excluding hydrogens is 322 g/mol. The normalized spacial score (nSPS) is 10.8. The summed E-state index contributed by atoms with van der Waals surface area (Å²) < 4.78 is 2.77. The van der Waals surface area contributed by atoms with Crippen LogP contribution < -0.4 is 0 Å². The van der Waals surface area contributed by atoms with Crippen molar-refractivity contribution >= 4 is 24.0 Å². The van der Waals surface area contributed by atoms with Crippen LogP contribution in [-0.2, 0) is 13.0 Å². The molecule has 1 aromatic heterocycles. The molecule has 23 heavy (non-hydrogen) atoms. The predicted octanol–water partition coefficient (Wildman–Crippen LogP) is 4.58. The van der Waals surface area contributed by atoms with Crippen LogP contribution in [0.3, 0.4) is 0 Å². The molecule has 3 rings (SSSR count). The lowest BCUT2D eigenvalue weighted by Gasteiger charge is -2.07. The first-order valence-corrected chi connectivity index (χ1v) is 9.23. The van der Waals surface area contributed by atoms with Crippen molar-refractivity contribution in [2.24, 2.45) is 0 Å². The van der Waals surface area contributed by atoms with Crippen LogP contribution in [0.25, 0.3) is 11.4 Å². The number of aromatic amines is 1. The topological polar surface area (TPSA) is 33.6 Å². The summed E-state index contributed by atoms with van der Waals surface area (Å²) in [4.78, 5) is 0. The molecule has 0 aliphatic carbocycles. The van der Waals surface area contributed by atoms with Gasteiger partial charge >= 0.3 is 0 Å². The Morgan fingerprint density at radius 3 is 2.39 bits per heavy atom. The molecule has 3 nitrogen and oxygen atoms in total. The first kappa shape index (κ1) is 16.0. The molecule has 0 saturated heterocycles. The fourth-order valence-corrected chi connectivity index (χ4v) is 3.54. The molecule has 3 aromatic rings. The molecule has 0 unspecified atom stereocenters. The number of hydrogen-bond donors (Lipinski definition) is 1. The molecule has 0 radical (unpaired) electrons. The maximum atomic E-state index is 5.36. The van der Waals surface area contributed by atoms with Crippen molar-refractivity contribution in [3.8, 4) is 11.4 Å². The molecule has 5 heteroatoms. The maximum absolute atomic E-state index is 5.36. The molecule has 0 saturated carbocycles. The van der Waals surface area contributed by atoms with Gasteiger partial charge in [0.05, 0.1) is 0 Å². The highest BCUT2D eigenvalue weighted by atomic mass is 32.2. The second kappa shape index (κ2) is 8.13.